The van der Waals surface area contributed by atoms with Crippen LogP contribution in [0.5, 0.6) is 5.75 Å². The van der Waals surface area contributed by atoms with Gasteiger partial charge >= 0.3 is 0 Å². The van der Waals surface area contributed by atoms with Crippen molar-refractivity contribution in [2.75, 3.05) is 11.9 Å². The monoisotopic (exact) mass is 298 g/mol. The van der Waals surface area contributed by atoms with E-state index >= 15 is 0 Å². The summed E-state index contributed by atoms with van der Waals surface area (Å²) in [6, 6.07) is 15.2. The maximum atomic E-state index is 13.3. The van der Waals surface area contributed by atoms with Gasteiger partial charge in [0.1, 0.15) is 0 Å². The minimum atomic E-state index is -0.448. The molecule has 0 spiro atoms. The summed E-state index contributed by atoms with van der Waals surface area (Å²) < 4.78 is 18.5. The summed E-state index contributed by atoms with van der Waals surface area (Å²) in [5.41, 5.74) is 1.54. The number of nitrogens with zero attached hydrogens (tertiary/aromatic N) is 1. The quantitative estimate of drug-likeness (QED) is 0.890. The van der Waals surface area contributed by atoms with Gasteiger partial charge in [0, 0.05) is 5.69 Å². The Bertz CT molecular complexity index is 678. The van der Waals surface area contributed by atoms with Crippen molar-refractivity contribution >= 4 is 11.6 Å². The number of benzene rings is 2. The van der Waals surface area contributed by atoms with Crippen LogP contribution < -0.4 is 10.1 Å². The molecular weight excluding hydrogens is 283 g/mol. The fourth-order valence-electron chi connectivity index (χ4n) is 1.84. The predicted octanol–water partition coefficient (Wildman–Crippen LogP) is 3.30. The number of hydrogen-bond donors (Lipinski definition) is 1. The third kappa shape index (κ3) is 4.60. The number of carbonyl (C=O) groups excluding carboxylic acids is 1. The zero-order valence-corrected chi connectivity index (χ0v) is 11.9. The molecule has 0 saturated heterocycles. The van der Waals surface area contributed by atoms with E-state index in [0.717, 1.165) is 5.56 Å². The lowest BCUT2D eigenvalue weighted by atomic mass is 10.1. The summed E-state index contributed by atoms with van der Waals surface area (Å²) in [5.74, 6) is -0.531. The predicted molar refractivity (Wildman–Crippen MR) is 80.9 cm³/mol. The van der Waals surface area contributed by atoms with E-state index < -0.39 is 5.82 Å². The first-order valence-electron chi connectivity index (χ1n) is 6.82. The molecule has 2 aromatic rings. The third-order valence-corrected chi connectivity index (χ3v) is 2.94. The van der Waals surface area contributed by atoms with E-state index in [0.29, 0.717) is 12.1 Å². The molecule has 1 amide bonds. The molecule has 0 atom stereocenters. The molecule has 0 radical (unpaired) electrons. The third-order valence-electron chi connectivity index (χ3n) is 2.94. The largest absolute Gasteiger partial charge is 0.490 e. The second kappa shape index (κ2) is 7.79. The zero-order chi connectivity index (χ0) is 15.8. The van der Waals surface area contributed by atoms with E-state index in [1.54, 1.807) is 36.4 Å². The molecule has 0 aliphatic carbocycles. The van der Waals surface area contributed by atoms with Gasteiger partial charge in [-0.1, -0.05) is 24.3 Å². The summed E-state index contributed by atoms with van der Waals surface area (Å²) in [6.45, 7) is 0.0965. The average Bonchev–Trinajstić information content (AvgIpc) is 2.51. The van der Waals surface area contributed by atoms with Crippen LogP contribution >= 0.6 is 0 Å². The van der Waals surface area contributed by atoms with Crippen LogP contribution in [0.25, 0.3) is 0 Å². The van der Waals surface area contributed by atoms with Crippen LogP contribution in [0.3, 0.4) is 0 Å². The molecule has 0 saturated carbocycles. The van der Waals surface area contributed by atoms with Gasteiger partial charge in [0.05, 0.1) is 25.5 Å². The molecule has 22 heavy (non-hydrogen) atoms. The lowest BCUT2D eigenvalue weighted by Gasteiger charge is -2.08. The summed E-state index contributed by atoms with van der Waals surface area (Å²) in [4.78, 5) is 11.8. The number of amides is 1. The molecule has 112 valence electrons. The molecule has 0 unspecified atom stereocenters. The number of halogens is 1. The van der Waals surface area contributed by atoms with Crippen LogP contribution in [0.4, 0.5) is 10.1 Å². The topological polar surface area (TPSA) is 62.1 Å². The molecule has 2 aromatic carbocycles. The van der Waals surface area contributed by atoms with E-state index in [1.165, 1.54) is 12.1 Å². The minimum Gasteiger partial charge on any atom is -0.490 e. The maximum Gasteiger partial charge on any atom is 0.227 e. The number of nitrogens with one attached hydrogen (secondary N) is 1. The molecule has 0 aliphatic rings. The van der Waals surface area contributed by atoms with Gasteiger partial charge in [0.2, 0.25) is 5.91 Å². The van der Waals surface area contributed by atoms with Crippen LogP contribution in [0, 0.1) is 17.1 Å². The molecule has 2 rings (SSSR count). The smallest absolute Gasteiger partial charge is 0.227 e. The molecule has 0 heterocycles. The highest BCUT2D eigenvalue weighted by atomic mass is 19.1. The number of carbonyl (C=O) groups is 1. The first kappa shape index (κ1) is 15.5. The van der Waals surface area contributed by atoms with Gasteiger partial charge in [0.15, 0.2) is 11.6 Å². The Morgan fingerprint density at radius 1 is 1.18 bits per heavy atom. The standard InChI is InChI=1S/C17H15FN2O2/c18-15-3-1-2-4-16(15)22-12-10-17(21)20-14-7-5-13(6-8-14)9-11-19/h1-8H,9-10,12H2,(H,20,21). The van der Waals surface area contributed by atoms with Gasteiger partial charge in [-0.15, -0.1) is 0 Å². The number of nitriles is 1. The lowest BCUT2D eigenvalue weighted by Crippen LogP contribution is -2.15. The number of rotatable bonds is 6. The van der Waals surface area contributed by atoms with Crippen LogP contribution in [-0.2, 0) is 11.2 Å². The molecule has 1 N–H and O–H groups in total. The highest BCUT2D eigenvalue weighted by Crippen LogP contribution is 2.15. The number of anilines is 1. The highest BCUT2D eigenvalue weighted by Gasteiger charge is 2.05. The lowest BCUT2D eigenvalue weighted by molar-refractivity contribution is -0.116. The summed E-state index contributed by atoms with van der Waals surface area (Å²) in [7, 11) is 0. The van der Waals surface area contributed by atoms with Crippen LogP contribution in [0.15, 0.2) is 48.5 Å². The normalized spacial score (nSPS) is 9.82. The van der Waals surface area contributed by atoms with Crippen molar-refractivity contribution in [2.45, 2.75) is 12.8 Å². The second-order valence-electron chi connectivity index (χ2n) is 4.61. The molecule has 0 aliphatic heterocycles. The number of hydrogen-bond acceptors (Lipinski definition) is 3. The van der Waals surface area contributed by atoms with Crippen molar-refractivity contribution in [3.8, 4) is 11.8 Å². The fraction of sp³-hybridized carbons (Fsp3) is 0.176. The molecule has 4 nitrogen and oxygen atoms in total. The molecular formula is C17H15FN2O2. The van der Waals surface area contributed by atoms with E-state index in [2.05, 4.69) is 11.4 Å². The Morgan fingerprint density at radius 3 is 2.59 bits per heavy atom. The Labute approximate surface area is 128 Å². The van der Waals surface area contributed by atoms with Gasteiger partial charge in [0.25, 0.3) is 0 Å². The fourth-order valence-corrected chi connectivity index (χ4v) is 1.84. The SMILES string of the molecule is N#CCc1ccc(NC(=O)CCOc2ccccc2F)cc1. The van der Waals surface area contributed by atoms with E-state index in [-0.39, 0.29) is 24.7 Å². The summed E-state index contributed by atoms with van der Waals surface area (Å²) in [5, 5.41) is 11.3. The average molecular weight is 298 g/mol. The first-order valence-corrected chi connectivity index (χ1v) is 6.82. The molecule has 0 bridgehead atoms. The molecule has 0 fully saturated rings. The highest BCUT2D eigenvalue weighted by molar-refractivity contribution is 5.90. The van der Waals surface area contributed by atoms with E-state index in [4.69, 9.17) is 10.00 Å². The van der Waals surface area contributed by atoms with Crippen LogP contribution in [-0.4, -0.2) is 12.5 Å². The minimum absolute atomic E-state index is 0.0965. The van der Waals surface area contributed by atoms with Crippen molar-refractivity contribution in [3.63, 3.8) is 0 Å². The Balaban J connectivity index is 1.78. The maximum absolute atomic E-state index is 13.3. The van der Waals surface area contributed by atoms with Crippen molar-refractivity contribution in [1.29, 1.82) is 5.26 Å². The molecule has 5 heteroatoms. The van der Waals surface area contributed by atoms with Crippen LogP contribution in [0.2, 0.25) is 0 Å². The van der Waals surface area contributed by atoms with Gasteiger partial charge in [-0.25, -0.2) is 4.39 Å². The van der Waals surface area contributed by atoms with E-state index in [9.17, 15) is 9.18 Å². The van der Waals surface area contributed by atoms with Crippen LogP contribution in [0.1, 0.15) is 12.0 Å². The first-order chi connectivity index (χ1) is 10.7. The van der Waals surface area contributed by atoms with Crippen molar-refractivity contribution < 1.29 is 13.9 Å². The second-order valence-corrected chi connectivity index (χ2v) is 4.61. The Morgan fingerprint density at radius 2 is 1.91 bits per heavy atom. The Hall–Kier alpha value is -2.87. The summed E-state index contributed by atoms with van der Waals surface area (Å²) in [6.07, 6.45) is 0.457. The van der Waals surface area contributed by atoms with Gasteiger partial charge in [-0.05, 0) is 29.8 Å². The number of ether oxygens (including phenoxy) is 1. The van der Waals surface area contributed by atoms with Gasteiger partial charge in [-0.3, -0.25) is 4.79 Å². The zero-order valence-electron chi connectivity index (χ0n) is 11.9. The summed E-state index contributed by atoms with van der Waals surface area (Å²) >= 11 is 0. The van der Waals surface area contributed by atoms with E-state index in [1.807, 2.05) is 0 Å². The van der Waals surface area contributed by atoms with Gasteiger partial charge < -0.3 is 10.1 Å². The van der Waals surface area contributed by atoms with Crippen molar-refractivity contribution in [3.05, 3.63) is 59.9 Å². The molecule has 0 aromatic heterocycles. The van der Waals surface area contributed by atoms with Crippen molar-refractivity contribution in [1.82, 2.24) is 0 Å². The van der Waals surface area contributed by atoms with Crippen molar-refractivity contribution in [2.24, 2.45) is 0 Å². The Kier molecular flexibility index (Phi) is 5.50. The van der Waals surface area contributed by atoms with Gasteiger partial charge in [-0.2, -0.15) is 5.26 Å². The number of para-hydroxylation sites is 1.